The first-order valence-corrected chi connectivity index (χ1v) is 12.9. The van der Waals surface area contributed by atoms with Gasteiger partial charge in [-0.15, -0.1) is 0 Å². The third kappa shape index (κ3) is 3.21. The molecule has 0 aromatic heterocycles. The van der Waals surface area contributed by atoms with Gasteiger partial charge < -0.3 is 26.6 Å². The van der Waals surface area contributed by atoms with E-state index in [9.17, 15) is 24.6 Å². The Morgan fingerprint density at radius 3 is 2.63 bits per heavy atom. The van der Waals surface area contributed by atoms with E-state index in [4.69, 9.17) is 11.5 Å². The summed E-state index contributed by atoms with van der Waals surface area (Å²) in [7, 11) is 0. The number of aryl methyl sites for hydroxylation is 1. The number of aliphatic hydroxyl groups is 2. The van der Waals surface area contributed by atoms with Gasteiger partial charge in [-0.2, -0.15) is 0 Å². The molecule has 1 aromatic rings. The fourth-order valence-electron chi connectivity index (χ4n) is 6.94. The average molecular weight is 526 g/mol. The molecule has 1 aromatic carbocycles. The molecule has 4 atom stereocenters. The van der Waals surface area contributed by atoms with Crippen LogP contribution < -0.4 is 27.4 Å². The van der Waals surface area contributed by atoms with Crippen molar-refractivity contribution in [2.75, 3.05) is 13.1 Å². The molecule has 38 heavy (non-hydrogen) atoms. The first kappa shape index (κ1) is 24.6. The summed E-state index contributed by atoms with van der Waals surface area (Å²) in [5.74, 6) is -3.62. The van der Waals surface area contributed by atoms with Gasteiger partial charge >= 0.3 is 5.96 Å². The zero-order chi connectivity index (χ0) is 27.2. The second-order valence-electron chi connectivity index (χ2n) is 11.5. The van der Waals surface area contributed by atoms with Crippen molar-refractivity contribution in [2.24, 2.45) is 16.5 Å². The number of rotatable bonds is 4. The van der Waals surface area contributed by atoms with Gasteiger partial charge in [-0.3, -0.25) is 30.3 Å². The lowest BCUT2D eigenvalue weighted by molar-refractivity contribution is -0.623. The number of likely N-dealkylation sites (tertiary alicyclic amines) is 1. The zero-order valence-corrected chi connectivity index (χ0v) is 21.3. The predicted octanol–water partition coefficient (Wildman–Crippen LogP) is -2.87. The minimum absolute atomic E-state index is 0.0531. The van der Waals surface area contributed by atoms with Gasteiger partial charge in [0.2, 0.25) is 23.3 Å². The van der Waals surface area contributed by atoms with E-state index >= 15 is 0 Å². The van der Waals surface area contributed by atoms with Crippen molar-refractivity contribution in [3.8, 4) is 0 Å². The molecule has 2 fully saturated rings. The van der Waals surface area contributed by atoms with Crippen LogP contribution in [0, 0.1) is 0 Å². The van der Waals surface area contributed by atoms with E-state index in [1.165, 1.54) is 4.58 Å². The van der Waals surface area contributed by atoms with Crippen molar-refractivity contribution in [2.45, 2.75) is 74.5 Å². The predicted molar refractivity (Wildman–Crippen MR) is 135 cm³/mol. The molecule has 0 saturated carbocycles. The second kappa shape index (κ2) is 7.90. The molecule has 4 heterocycles. The first-order chi connectivity index (χ1) is 17.9. The van der Waals surface area contributed by atoms with Gasteiger partial charge in [0.05, 0.1) is 13.1 Å². The number of imide groups is 1. The van der Waals surface area contributed by atoms with Gasteiger partial charge in [-0.05, 0) is 35.4 Å². The van der Waals surface area contributed by atoms with Crippen LogP contribution in [0.1, 0.15) is 54.6 Å². The molecule has 3 amide bonds. The van der Waals surface area contributed by atoms with Crippen LogP contribution in [0.5, 0.6) is 0 Å². The number of carbonyl (C=O) groups excluding carboxylic acids is 3. The van der Waals surface area contributed by atoms with E-state index in [2.05, 4.69) is 34.8 Å². The highest BCUT2D eigenvalue weighted by Crippen LogP contribution is 2.43. The molecule has 0 radical (unpaired) electrons. The highest BCUT2D eigenvalue weighted by atomic mass is 16.5. The molecule has 9 N–H and O–H groups in total. The maximum absolute atomic E-state index is 13.6. The number of guanidine groups is 2. The number of amides is 3. The van der Waals surface area contributed by atoms with Crippen LogP contribution in [-0.2, 0) is 21.4 Å². The molecule has 202 valence electrons. The topological polar surface area (TPSA) is 198 Å². The number of aliphatic imine (C=N–C) groups is 1. The smallest absolute Gasteiger partial charge is 0.346 e. The van der Waals surface area contributed by atoms with Gasteiger partial charge in [0, 0.05) is 18.4 Å². The second-order valence-corrected chi connectivity index (χ2v) is 11.5. The lowest BCUT2D eigenvalue weighted by Gasteiger charge is -2.44. The first-order valence-electron chi connectivity index (χ1n) is 12.9. The Balaban J connectivity index is 1.33. The molecule has 6 rings (SSSR count). The maximum atomic E-state index is 13.6. The molecular formula is C25H33N8O5+. The van der Waals surface area contributed by atoms with Gasteiger partial charge in [0.25, 0.3) is 5.91 Å². The van der Waals surface area contributed by atoms with Crippen LogP contribution in [0.2, 0.25) is 0 Å². The van der Waals surface area contributed by atoms with Crippen LogP contribution >= 0.6 is 0 Å². The monoisotopic (exact) mass is 525 g/mol. The number of fused-ring (bicyclic) bond motifs is 1. The van der Waals surface area contributed by atoms with E-state index in [-0.39, 0.29) is 55.1 Å². The standard InChI is InChI=1S/C25H32N8O5/c1-23(2)9-8-12-4-3-5-13(18(12)23)20(36)29-15-11-33-22(27)28-14(10-32-16(34)6-7-17(32)35)19-24(33,25(15,37)38)31-21(26)30-19/h3-5,14-15,19,37-38H,6-11H2,1-2H3,(H6,26,27,28,29,30,31,36)/p+1/t14-,15?,19-,24-/m0/s1. The zero-order valence-electron chi connectivity index (χ0n) is 21.3. The molecule has 4 aliphatic heterocycles. The minimum atomic E-state index is -2.59. The van der Waals surface area contributed by atoms with E-state index in [1.54, 1.807) is 6.07 Å². The molecule has 13 nitrogen and oxygen atoms in total. The summed E-state index contributed by atoms with van der Waals surface area (Å²) in [5, 5.41) is 32.2. The third-order valence-corrected chi connectivity index (χ3v) is 8.80. The number of benzene rings is 1. The number of carbonyl (C=O) groups is 3. The Morgan fingerprint density at radius 2 is 1.92 bits per heavy atom. The highest BCUT2D eigenvalue weighted by molar-refractivity contribution is 6.02. The Labute approximate surface area is 218 Å². The molecule has 1 aliphatic carbocycles. The Bertz CT molecular complexity index is 1320. The van der Waals surface area contributed by atoms with Gasteiger partial charge in [-0.1, -0.05) is 26.0 Å². The van der Waals surface area contributed by atoms with E-state index in [0.717, 1.165) is 28.9 Å². The highest BCUT2D eigenvalue weighted by Gasteiger charge is 2.75. The molecule has 5 aliphatic rings. The van der Waals surface area contributed by atoms with Crippen molar-refractivity contribution >= 4 is 29.6 Å². The molecule has 0 bridgehead atoms. The van der Waals surface area contributed by atoms with Gasteiger partial charge in [0.1, 0.15) is 18.1 Å². The Morgan fingerprint density at radius 1 is 1.21 bits per heavy atom. The molecular weight excluding hydrogens is 492 g/mol. The molecule has 2 saturated heterocycles. The summed E-state index contributed by atoms with van der Waals surface area (Å²) >= 11 is 0. The van der Waals surface area contributed by atoms with E-state index in [0.29, 0.717) is 5.56 Å². The largest absolute Gasteiger partial charge is 0.370 e. The van der Waals surface area contributed by atoms with Crippen LogP contribution in [0.25, 0.3) is 0 Å². The minimum Gasteiger partial charge on any atom is -0.370 e. The van der Waals surface area contributed by atoms with Crippen LogP contribution in [0.15, 0.2) is 23.2 Å². The van der Waals surface area contributed by atoms with Crippen LogP contribution in [-0.4, -0.2) is 92.0 Å². The number of nitrogens with zero attached hydrogens (tertiary/aromatic N) is 3. The summed E-state index contributed by atoms with van der Waals surface area (Å²) in [6, 6.07) is 2.72. The number of nitrogens with two attached hydrogens (primary N) is 2. The fourth-order valence-corrected chi connectivity index (χ4v) is 6.94. The summed E-state index contributed by atoms with van der Waals surface area (Å²) in [4.78, 5) is 43.7. The summed E-state index contributed by atoms with van der Waals surface area (Å²) in [6.07, 6.45) is 2.03. The molecule has 1 unspecified atom stereocenters. The fraction of sp³-hybridized carbons (Fsp3) is 0.560. The Kier molecular flexibility index (Phi) is 5.12. The number of hydrogen-bond donors (Lipinski definition) is 7. The van der Waals surface area contributed by atoms with Gasteiger partial charge in [0.15, 0.2) is 5.96 Å². The molecule has 13 heteroatoms. The lowest BCUT2D eigenvalue weighted by Crippen LogP contribution is -2.79. The van der Waals surface area contributed by atoms with Crippen molar-refractivity contribution in [1.82, 2.24) is 20.9 Å². The number of hydrogen-bond acceptors (Lipinski definition) is 10. The summed E-state index contributed by atoms with van der Waals surface area (Å²) in [6.45, 7) is 4.06. The average Bonchev–Trinajstić information content (AvgIpc) is 3.54. The Hall–Kier alpha value is -3.71. The summed E-state index contributed by atoms with van der Waals surface area (Å²) in [5.41, 5.74) is 13.0. The maximum Gasteiger partial charge on any atom is 0.346 e. The van der Waals surface area contributed by atoms with Crippen molar-refractivity contribution in [1.29, 1.82) is 0 Å². The van der Waals surface area contributed by atoms with Crippen molar-refractivity contribution in [3.05, 3.63) is 34.9 Å². The quantitative estimate of drug-likeness (QED) is 0.123. The van der Waals surface area contributed by atoms with Crippen LogP contribution in [0.4, 0.5) is 0 Å². The van der Waals surface area contributed by atoms with Crippen molar-refractivity contribution in [3.63, 3.8) is 0 Å². The van der Waals surface area contributed by atoms with E-state index < -0.39 is 35.5 Å². The van der Waals surface area contributed by atoms with E-state index in [1.807, 2.05) is 12.1 Å². The third-order valence-electron chi connectivity index (χ3n) is 8.80. The van der Waals surface area contributed by atoms with Crippen molar-refractivity contribution < 1.29 is 29.2 Å². The van der Waals surface area contributed by atoms with Gasteiger partial charge in [-0.25, -0.2) is 9.57 Å². The number of nitrogens with one attached hydrogen (secondary N) is 3. The molecule has 1 spiro atoms. The summed E-state index contributed by atoms with van der Waals surface area (Å²) < 4.78 is 1.50. The normalized spacial score (nSPS) is 32.4. The van der Waals surface area contributed by atoms with Crippen LogP contribution in [0.3, 0.4) is 0 Å². The lowest BCUT2D eigenvalue weighted by atomic mass is 9.83. The SMILES string of the molecule is CC1(C)CCc2cccc(C(=O)NC3C[N+]4=C(N)N[C@@H](CN5C(=O)CCC5=O)[C@@H]5N=C(N)N[C@@]54C3(O)O)c21.